The third-order valence-electron chi connectivity index (χ3n) is 10.5. The van der Waals surface area contributed by atoms with Crippen molar-refractivity contribution < 1.29 is 20.4 Å². The molecule has 1 radical (unpaired) electrons. The van der Waals surface area contributed by atoms with E-state index in [1.54, 1.807) is 0 Å². The van der Waals surface area contributed by atoms with Crippen LogP contribution in [0.4, 0.5) is 0 Å². The van der Waals surface area contributed by atoms with Gasteiger partial charge in [-0.2, -0.15) is 5.11 Å². The van der Waals surface area contributed by atoms with Crippen LogP contribution in [-0.2, 0) is 5.11 Å². The summed E-state index contributed by atoms with van der Waals surface area (Å²) in [6, 6.07) is 0. The Labute approximate surface area is 189 Å². The van der Waals surface area contributed by atoms with E-state index in [4.69, 9.17) is 0 Å². The molecule has 4 aliphatic carbocycles. The summed E-state index contributed by atoms with van der Waals surface area (Å²) in [6.07, 6.45) is 8.66. The van der Waals surface area contributed by atoms with Crippen molar-refractivity contribution in [2.24, 2.45) is 46.3 Å². The van der Waals surface area contributed by atoms with Crippen molar-refractivity contribution in [3.63, 3.8) is 0 Å². The summed E-state index contributed by atoms with van der Waals surface area (Å²) >= 11 is 0. The molecule has 2 unspecified atom stereocenters. The van der Waals surface area contributed by atoms with Crippen molar-refractivity contribution in [3.05, 3.63) is 11.6 Å². The molecule has 0 aromatic heterocycles. The minimum absolute atomic E-state index is 0.108. The molecule has 3 saturated carbocycles. The molecule has 4 heteroatoms. The lowest BCUT2D eigenvalue weighted by molar-refractivity contribution is -0.232. The van der Waals surface area contributed by atoms with Gasteiger partial charge in [0, 0.05) is 12.8 Å². The first-order chi connectivity index (χ1) is 14.4. The minimum Gasteiger partial charge on any atom is -0.393 e. The maximum Gasteiger partial charge on any atom is 0.203 e. The van der Waals surface area contributed by atoms with Crippen LogP contribution in [0.5, 0.6) is 0 Å². The minimum atomic E-state index is -1.91. The van der Waals surface area contributed by atoms with Crippen molar-refractivity contribution in [1.29, 1.82) is 0 Å². The van der Waals surface area contributed by atoms with Crippen LogP contribution < -0.4 is 0 Å². The van der Waals surface area contributed by atoms with Gasteiger partial charge in [-0.25, -0.2) is 0 Å². The molecule has 10 atom stereocenters. The maximum absolute atomic E-state index is 12.3. The van der Waals surface area contributed by atoms with Gasteiger partial charge in [0.25, 0.3) is 0 Å². The first kappa shape index (κ1) is 23.7. The van der Waals surface area contributed by atoms with Gasteiger partial charge in [-0.1, -0.05) is 65.5 Å². The van der Waals surface area contributed by atoms with Gasteiger partial charge in [0.05, 0.1) is 12.2 Å². The van der Waals surface area contributed by atoms with Crippen molar-refractivity contribution in [3.8, 4) is 0 Å². The summed E-state index contributed by atoms with van der Waals surface area (Å²) in [6.45, 7) is 11.5. The molecule has 0 bridgehead atoms. The number of aliphatic hydroxyl groups is 3. The number of rotatable bonds is 5. The first-order valence-electron chi connectivity index (χ1n) is 12.9. The summed E-state index contributed by atoms with van der Waals surface area (Å²) in [5, 5.41) is 45.3. The molecule has 4 nitrogen and oxygen atoms in total. The zero-order valence-electron chi connectivity index (χ0n) is 20.3. The van der Waals surface area contributed by atoms with Crippen LogP contribution >= 0.6 is 0 Å². The highest BCUT2D eigenvalue weighted by Gasteiger charge is 2.64. The third-order valence-corrected chi connectivity index (χ3v) is 10.5. The van der Waals surface area contributed by atoms with Crippen LogP contribution in [0.2, 0.25) is 0 Å². The Hall–Kier alpha value is -0.420. The Morgan fingerprint density at radius 2 is 1.77 bits per heavy atom. The highest BCUT2D eigenvalue weighted by molar-refractivity contribution is 5.29. The van der Waals surface area contributed by atoms with E-state index in [1.807, 2.05) is 6.08 Å². The average Bonchev–Trinajstić information content (AvgIpc) is 3.02. The SMILES string of the molecule is CC(C)CCC[C@@H](C)[C@H]1CC[C@H]2[C@@H]3C(O)C=C4C[C@]([O])(O)CC[C@]4(C)[C@H]3CC(O)[C@]12C. The number of hydrogen-bond acceptors (Lipinski definition) is 3. The van der Waals surface area contributed by atoms with E-state index in [2.05, 4.69) is 34.6 Å². The lowest BCUT2D eigenvalue weighted by atomic mass is 9.45. The molecule has 0 aliphatic heterocycles. The lowest BCUT2D eigenvalue weighted by Crippen LogP contribution is -2.60. The maximum atomic E-state index is 12.3. The second-order valence-electron chi connectivity index (χ2n) is 12.6. The van der Waals surface area contributed by atoms with E-state index in [1.165, 1.54) is 19.3 Å². The number of hydrogen-bond donors (Lipinski definition) is 3. The van der Waals surface area contributed by atoms with Gasteiger partial charge in [0.1, 0.15) is 0 Å². The quantitative estimate of drug-likeness (QED) is 0.417. The van der Waals surface area contributed by atoms with E-state index in [0.717, 1.165) is 24.3 Å². The molecule has 0 heterocycles. The van der Waals surface area contributed by atoms with Gasteiger partial charge >= 0.3 is 0 Å². The third kappa shape index (κ3) is 3.84. The zero-order valence-corrected chi connectivity index (χ0v) is 20.3. The smallest absolute Gasteiger partial charge is 0.203 e. The van der Waals surface area contributed by atoms with Gasteiger partial charge in [0.15, 0.2) is 0 Å². The molecule has 3 fully saturated rings. The Morgan fingerprint density at radius 3 is 2.45 bits per heavy atom. The van der Waals surface area contributed by atoms with Gasteiger partial charge in [-0.3, -0.25) is 0 Å². The van der Waals surface area contributed by atoms with Gasteiger partial charge < -0.3 is 15.3 Å². The molecule has 177 valence electrons. The molecule has 0 aromatic carbocycles. The number of aliphatic hydroxyl groups excluding tert-OH is 2. The normalized spacial score (nSPS) is 47.4. The molecule has 31 heavy (non-hydrogen) atoms. The molecule has 0 aromatic rings. The van der Waals surface area contributed by atoms with Crippen molar-refractivity contribution >= 4 is 0 Å². The van der Waals surface area contributed by atoms with Gasteiger partial charge in [-0.15, -0.1) is 0 Å². The van der Waals surface area contributed by atoms with E-state index in [9.17, 15) is 20.4 Å². The number of fused-ring (bicyclic) bond motifs is 5. The monoisotopic (exact) mass is 433 g/mol. The van der Waals surface area contributed by atoms with Crippen LogP contribution in [0.15, 0.2) is 11.6 Å². The molecular weight excluding hydrogens is 388 g/mol. The van der Waals surface area contributed by atoms with Crippen LogP contribution in [0, 0.1) is 46.3 Å². The molecular formula is C27H45O4. The van der Waals surface area contributed by atoms with Crippen molar-refractivity contribution in [2.75, 3.05) is 0 Å². The lowest BCUT2D eigenvalue weighted by Gasteiger charge is -2.61. The van der Waals surface area contributed by atoms with Crippen LogP contribution in [0.1, 0.15) is 92.4 Å². The topological polar surface area (TPSA) is 80.6 Å². The largest absolute Gasteiger partial charge is 0.393 e. The molecule has 3 N–H and O–H groups in total. The van der Waals surface area contributed by atoms with Gasteiger partial charge in [-0.05, 0) is 72.0 Å². The summed E-state index contributed by atoms with van der Waals surface area (Å²) in [4.78, 5) is 0. The summed E-state index contributed by atoms with van der Waals surface area (Å²) < 4.78 is 0. The van der Waals surface area contributed by atoms with Crippen LogP contribution in [0.3, 0.4) is 0 Å². The van der Waals surface area contributed by atoms with Crippen molar-refractivity contribution in [1.82, 2.24) is 0 Å². The molecule has 0 spiro atoms. The van der Waals surface area contributed by atoms with E-state index in [-0.39, 0.29) is 41.6 Å². The van der Waals surface area contributed by atoms with Crippen LogP contribution in [-0.4, -0.2) is 33.3 Å². The fraction of sp³-hybridized carbons (Fsp3) is 0.926. The highest BCUT2D eigenvalue weighted by Crippen LogP contribution is 2.67. The Balaban J connectivity index is 1.59. The summed E-state index contributed by atoms with van der Waals surface area (Å²) in [5.74, 6) is 0.563. The average molecular weight is 434 g/mol. The summed E-state index contributed by atoms with van der Waals surface area (Å²) in [7, 11) is 0. The second kappa shape index (κ2) is 8.11. The highest BCUT2D eigenvalue weighted by atomic mass is 16.5. The Bertz CT molecular complexity index is 699. The van der Waals surface area contributed by atoms with E-state index < -0.39 is 11.9 Å². The molecule has 4 rings (SSSR count). The first-order valence-corrected chi connectivity index (χ1v) is 12.9. The Morgan fingerprint density at radius 1 is 1.06 bits per heavy atom. The molecule has 0 amide bonds. The second-order valence-corrected chi connectivity index (χ2v) is 12.6. The molecule has 4 aliphatic rings. The predicted octanol–water partition coefficient (Wildman–Crippen LogP) is 5.09. The van der Waals surface area contributed by atoms with E-state index in [0.29, 0.717) is 30.6 Å². The standard InChI is InChI=1S/C27H45O4/c1-16(2)7-6-8-17(3)19-9-10-20-24-21(14-23(29)26(19,20)5)25(4)11-12-27(30,31)15-18(25)13-22(24)28/h13,16-17,19-24,28-30H,6-12,14-15H2,1-5H3/t17-,19-,20+,21+,22?,23?,24+,25+,26-,27+/m1/s1. The predicted molar refractivity (Wildman–Crippen MR) is 121 cm³/mol. The fourth-order valence-corrected chi connectivity index (χ4v) is 8.59. The van der Waals surface area contributed by atoms with Crippen molar-refractivity contribution in [2.45, 2.75) is 110 Å². The van der Waals surface area contributed by atoms with Gasteiger partial charge in [0.2, 0.25) is 5.79 Å². The fourth-order valence-electron chi connectivity index (χ4n) is 8.59. The zero-order chi connectivity index (χ0) is 22.8. The van der Waals surface area contributed by atoms with E-state index >= 15 is 0 Å². The Kier molecular flexibility index (Phi) is 6.21. The summed E-state index contributed by atoms with van der Waals surface area (Å²) in [5.41, 5.74) is 0.594. The van der Waals surface area contributed by atoms with Crippen LogP contribution in [0.25, 0.3) is 0 Å². The molecule has 0 saturated heterocycles.